The summed E-state index contributed by atoms with van der Waals surface area (Å²) in [6.45, 7) is 1.74. The zero-order valence-electron chi connectivity index (χ0n) is 10.6. The first-order valence-corrected chi connectivity index (χ1v) is 5.55. The number of fused-ring (bicyclic) bond motifs is 1. The van der Waals surface area contributed by atoms with Crippen molar-refractivity contribution in [2.24, 2.45) is 5.16 Å². The first kappa shape index (κ1) is 12.2. The van der Waals surface area contributed by atoms with E-state index in [1.807, 2.05) is 30.3 Å². The largest absolute Gasteiger partial charge is 0.493 e. The minimum Gasteiger partial charge on any atom is -0.493 e. The highest BCUT2D eigenvalue weighted by Gasteiger charge is 2.14. The summed E-state index contributed by atoms with van der Waals surface area (Å²) in [5.74, 6) is 1.30. The highest BCUT2D eigenvalue weighted by molar-refractivity contribution is 6.11. The maximum atomic E-state index is 8.95. The Balaban J connectivity index is 2.88. The van der Waals surface area contributed by atoms with Gasteiger partial charge in [0.1, 0.15) is 0 Å². The van der Waals surface area contributed by atoms with Gasteiger partial charge in [0.25, 0.3) is 0 Å². The van der Waals surface area contributed by atoms with E-state index < -0.39 is 0 Å². The molecular weight excluding hydrogens is 230 g/mol. The lowest BCUT2D eigenvalue weighted by Gasteiger charge is -2.14. The molecule has 0 aliphatic heterocycles. The fourth-order valence-corrected chi connectivity index (χ4v) is 2.04. The molecule has 0 radical (unpaired) electrons. The third-order valence-corrected chi connectivity index (χ3v) is 2.92. The van der Waals surface area contributed by atoms with Crippen LogP contribution in [0.4, 0.5) is 0 Å². The number of nitrogens with zero attached hydrogens (tertiary/aromatic N) is 1. The third-order valence-electron chi connectivity index (χ3n) is 2.92. The molecule has 0 aromatic heterocycles. The van der Waals surface area contributed by atoms with Gasteiger partial charge in [0.2, 0.25) is 0 Å². The van der Waals surface area contributed by atoms with Crippen LogP contribution in [0.2, 0.25) is 0 Å². The van der Waals surface area contributed by atoms with E-state index in [1.165, 1.54) is 0 Å². The van der Waals surface area contributed by atoms with Crippen LogP contribution in [-0.2, 0) is 0 Å². The minimum atomic E-state index is 0.534. The average molecular weight is 245 g/mol. The van der Waals surface area contributed by atoms with E-state index in [0.717, 1.165) is 16.3 Å². The van der Waals surface area contributed by atoms with Crippen LogP contribution in [0.5, 0.6) is 11.5 Å². The molecule has 94 valence electrons. The molecule has 0 unspecified atom stereocenters. The monoisotopic (exact) mass is 245 g/mol. The van der Waals surface area contributed by atoms with Gasteiger partial charge in [0.05, 0.1) is 19.9 Å². The van der Waals surface area contributed by atoms with Gasteiger partial charge in [0.15, 0.2) is 11.5 Å². The van der Waals surface area contributed by atoms with E-state index >= 15 is 0 Å². The molecule has 4 nitrogen and oxygen atoms in total. The van der Waals surface area contributed by atoms with E-state index in [0.29, 0.717) is 17.2 Å². The van der Waals surface area contributed by atoms with Gasteiger partial charge in [-0.1, -0.05) is 29.4 Å². The molecule has 2 rings (SSSR count). The Morgan fingerprint density at radius 2 is 1.78 bits per heavy atom. The van der Waals surface area contributed by atoms with Crippen molar-refractivity contribution in [1.29, 1.82) is 0 Å². The van der Waals surface area contributed by atoms with Gasteiger partial charge in [0, 0.05) is 10.9 Å². The number of oxime groups is 1. The third kappa shape index (κ3) is 1.86. The Kier molecular flexibility index (Phi) is 3.37. The van der Waals surface area contributed by atoms with Crippen molar-refractivity contribution in [1.82, 2.24) is 0 Å². The molecule has 0 aliphatic carbocycles. The second-order valence-corrected chi connectivity index (χ2v) is 3.89. The Morgan fingerprint density at radius 1 is 1.11 bits per heavy atom. The summed E-state index contributed by atoms with van der Waals surface area (Å²) < 4.78 is 10.7. The molecule has 18 heavy (non-hydrogen) atoms. The molecule has 2 aromatic carbocycles. The standard InChI is InChI=1S/C14H15NO3/c1-9(15-16)12-8-13(17-2)14(18-3)11-7-5-4-6-10(11)12/h4-8,16H,1-3H3/b15-9-. The topological polar surface area (TPSA) is 51.0 Å². The fourth-order valence-electron chi connectivity index (χ4n) is 2.04. The highest BCUT2D eigenvalue weighted by Crippen LogP contribution is 2.37. The van der Waals surface area contributed by atoms with Crippen molar-refractivity contribution < 1.29 is 14.7 Å². The van der Waals surface area contributed by atoms with Crippen LogP contribution >= 0.6 is 0 Å². The van der Waals surface area contributed by atoms with Crippen molar-refractivity contribution >= 4 is 16.5 Å². The van der Waals surface area contributed by atoms with Crippen LogP contribution in [0.15, 0.2) is 35.5 Å². The zero-order chi connectivity index (χ0) is 13.1. The molecule has 0 saturated heterocycles. The van der Waals surface area contributed by atoms with Gasteiger partial charge >= 0.3 is 0 Å². The number of ether oxygens (including phenoxy) is 2. The van der Waals surface area contributed by atoms with Gasteiger partial charge in [-0.25, -0.2) is 0 Å². The number of hydrogen-bond donors (Lipinski definition) is 1. The molecule has 0 fully saturated rings. The average Bonchev–Trinajstić information content (AvgIpc) is 2.44. The quantitative estimate of drug-likeness (QED) is 0.513. The predicted molar refractivity (Wildman–Crippen MR) is 71.0 cm³/mol. The van der Waals surface area contributed by atoms with Crippen LogP contribution in [0.3, 0.4) is 0 Å². The Morgan fingerprint density at radius 3 is 2.33 bits per heavy atom. The SMILES string of the molecule is COc1cc(/C(C)=N\O)c2ccccc2c1OC. The summed E-state index contributed by atoms with van der Waals surface area (Å²) in [5.41, 5.74) is 1.36. The van der Waals surface area contributed by atoms with Crippen LogP contribution in [0.1, 0.15) is 12.5 Å². The molecule has 0 saturated carbocycles. The lowest BCUT2D eigenvalue weighted by atomic mass is 10.00. The molecule has 0 amide bonds. The molecule has 4 heteroatoms. The molecule has 0 atom stereocenters. The smallest absolute Gasteiger partial charge is 0.168 e. The second-order valence-electron chi connectivity index (χ2n) is 3.89. The van der Waals surface area contributed by atoms with Crippen molar-refractivity contribution in [2.75, 3.05) is 14.2 Å². The highest BCUT2D eigenvalue weighted by atomic mass is 16.5. The molecular formula is C14H15NO3. The van der Waals surface area contributed by atoms with Crippen LogP contribution in [0, 0.1) is 0 Å². The van der Waals surface area contributed by atoms with Crippen molar-refractivity contribution in [3.05, 3.63) is 35.9 Å². The van der Waals surface area contributed by atoms with Crippen molar-refractivity contribution in [2.45, 2.75) is 6.92 Å². The molecule has 0 spiro atoms. The Hall–Kier alpha value is -2.23. The molecule has 2 aromatic rings. The van der Waals surface area contributed by atoms with E-state index in [4.69, 9.17) is 14.7 Å². The summed E-state index contributed by atoms with van der Waals surface area (Å²) >= 11 is 0. The van der Waals surface area contributed by atoms with Gasteiger partial charge in [-0.15, -0.1) is 0 Å². The summed E-state index contributed by atoms with van der Waals surface area (Å²) in [6.07, 6.45) is 0. The zero-order valence-corrected chi connectivity index (χ0v) is 10.6. The Bertz CT molecular complexity index is 605. The van der Waals surface area contributed by atoms with Gasteiger partial charge in [-0.3, -0.25) is 0 Å². The van der Waals surface area contributed by atoms with Gasteiger partial charge in [-0.05, 0) is 18.4 Å². The summed E-state index contributed by atoms with van der Waals surface area (Å²) in [4.78, 5) is 0. The number of hydrogen-bond acceptors (Lipinski definition) is 4. The number of rotatable bonds is 3. The lowest BCUT2D eigenvalue weighted by Crippen LogP contribution is -2.00. The van der Waals surface area contributed by atoms with E-state index in [9.17, 15) is 0 Å². The first-order chi connectivity index (χ1) is 8.72. The summed E-state index contributed by atoms with van der Waals surface area (Å²) in [5, 5.41) is 14.1. The lowest BCUT2D eigenvalue weighted by molar-refractivity contribution is 0.319. The number of methoxy groups -OCH3 is 2. The van der Waals surface area contributed by atoms with Gasteiger partial charge in [-0.2, -0.15) is 0 Å². The Labute approximate surface area is 105 Å². The van der Waals surface area contributed by atoms with Crippen molar-refractivity contribution in [3.63, 3.8) is 0 Å². The number of benzene rings is 2. The predicted octanol–water partition coefficient (Wildman–Crippen LogP) is 3.06. The molecule has 0 bridgehead atoms. The fraction of sp³-hybridized carbons (Fsp3) is 0.214. The van der Waals surface area contributed by atoms with Crippen LogP contribution in [-0.4, -0.2) is 25.1 Å². The van der Waals surface area contributed by atoms with Gasteiger partial charge < -0.3 is 14.7 Å². The maximum absolute atomic E-state index is 8.95. The summed E-state index contributed by atoms with van der Waals surface area (Å²) in [6, 6.07) is 9.59. The summed E-state index contributed by atoms with van der Waals surface area (Å²) in [7, 11) is 3.19. The molecule has 0 heterocycles. The molecule has 1 N–H and O–H groups in total. The van der Waals surface area contributed by atoms with Crippen LogP contribution in [0.25, 0.3) is 10.8 Å². The second kappa shape index (κ2) is 4.96. The normalized spacial score (nSPS) is 11.6. The van der Waals surface area contributed by atoms with E-state index in [2.05, 4.69) is 5.16 Å². The van der Waals surface area contributed by atoms with Crippen LogP contribution < -0.4 is 9.47 Å². The van der Waals surface area contributed by atoms with Crippen molar-refractivity contribution in [3.8, 4) is 11.5 Å². The molecule has 0 aliphatic rings. The maximum Gasteiger partial charge on any atom is 0.168 e. The first-order valence-electron chi connectivity index (χ1n) is 5.55. The van der Waals surface area contributed by atoms with E-state index in [1.54, 1.807) is 21.1 Å². The van der Waals surface area contributed by atoms with E-state index in [-0.39, 0.29) is 0 Å². The minimum absolute atomic E-state index is 0.534.